The number of carbonyl (C=O) groups excluding carboxylic acids is 1. The summed E-state index contributed by atoms with van der Waals surface area (Å²) in [4.78, 5) is 10.8. The number of carbonyl (C=O) groups is 1. The van der Waals surface area contributed by atoms with E-state index >= 15 is 0 Å². The van der Waals surface area contributed by atoms with Crippen molar-refractivity contribution in [2.75, 3.05) is 5.75 Å². The highest BCUT2D eigenvalue weighted by Crippen LogP contribution is 2.11. The quantitative estimate of drug-likeness (QED) is 0.431. The molecule has 0 fully saturated rings. The van der Waals surface area contributed by atoms with Crippen molar-refractivity contribution in [1.82, 2.24) is 0 Å². The van der Waals surface area contributed by atoms with Gasteiger partial charge < -0.3 is 10.5 Å². The van der Waals surface area contributed by atoms with Crippen molar-refractivity contribution in [3.63, 3.8) is 0 Å². The summed E-state index contributed by atoms with van der Waals surface area (Å²) in [7, 11) is 0. The number of ether oxygens (including phenoxy) is 1. The molecule has 0 unspecified atom stereocenters. The molecule has 0 aliphatic carbocycles. The molecule has 2 N–H and O–H groups in total. The topological polar surface area (TPSA) is 52.3 Å². The van der Waals surface area contributed by atoms with Crippen LogP contribution >= 0.6 is 12.6 Å². The number of hydrogen-bond acceptors (Lipinski definition) is 4. The first-order valence-corrected chi connectivity index (χ1v) is 4.50. The second-order valence-electron chi connectivity index (χ2n) is 2.48. The zero-order valence-electron chi connectivity index (χ0n) is 7.06. The van der Waals surface area contributed by atoms with Crippen LogP contribution in [0.5, 0.6) is 5.75 Å². The van der Waals surface area contributed by atoms with E-state index in [1.165, 1.54) is 0 Å². The Morgan fingerprint density at radius 3 is 2.46 bits per heavy atom. The van der Waals surface area contributed by atoms with Gasteiger partial charge in [-0.2, -0.15) is 12.6 Å². The molecule has 0 atom stereocenters. The second kappa shape index (κ2) is 4.89. The van der Waals surface area contributed by atoms with E-state index in [4.69, 9.17) is 10.5 Å². The van der Waals surface area contributed by atoms with Crippen LogP contribution in [0.1, 0.15) is 5.56 Å². The zero-order chi connectivity index (χ0) is 9.68. The van der Waals surface area contributed by atoms with Crippen LogP contribution in [0.2, 0.25) is 0 Å². The Hall–Kier alpha value is -1.00. The minimum Gasteiger partial charge on any atom is -0.426 e. The lowest BCUT2D eigenvalue weighted by atomic mass is 10.2. The minimum absolute atomic E-state index is 0.0820. The Bertz CT molecular complexity index is 284. The number of rotatable bonds is 3. The molecule has 70 valence electrons. The van der Waals surface area contributed by atoms with Gasteiger partial charge in [0.2, 0.25) is 0 Å². The lowest BCUT2D eigenvalue weighted by molar-refractivity contribution is -0.131. The molecule has 0 aromatic heterocycles. The number of benzene rings is 1. The molecule has 4 heteroatoms. The molecule has 1 rings (SSSR count). The molecule has 1 aromatic rings. The second-order valence-corrected chi connectivity index (χ2v) is 2.80. The zero-order valence-corrected chi connectivity index (χ0v) is 7.96. The fourth-order valence-corrected chi connectivity index (χ4v) is 0.922. The molecule has 0 aliphatic rings. The predicted molar refractivity (Wildman–Crippen MR) is 53.8 cm³/mol. The monoisotopic (exact) mass is 197 g/mol. The third-order valence-electron chi connectivity index (χ3n) is 1.52. The summed E-state index contributed by atoms with van der Waals surface area (Å²) >= 11 is 3.79. The van der Waals surface area contributed by atoms with Crippen molar-refractivity contribution in [2.24, 2.45) is 5.73 Å². The van der Waals surface area contributed by atoms with Crippen LogP contribution in [-0.2, 0) is 11.3 Å². The van der Waals surface area contributed by atoms with E-state index in [1.54, 1.807) is 12.1 Å². The standard InChI is InChI=1S/C9H11NO2S/c10-5-7-1-3-8(4-2-7)12-9(11)6-13/h1-4,13H,5-6,10H2. The lowest BCUT2D eigenvalue weighted by Crippen LogP contribution is -2.08. The van der Waals surface area contributed by atoms with Gasteiger partial charge in [0.25, 0.3) is 0 Å². The summed E-state index contributed by atoms with van der Waals surface area (Å²) in [5.41, 5.74) is 6.41. The van der Waals surface area contributed by atoms with E-state index in [0.29, 0.717) is 12.3 Å². The predicted octanol–water partition coefficient (Wildman–Crippen LogP) is 0.980. The molecule has 0 bridgehead atoms. The first-order chi connectivity index (χ1) is 6.26. The molecule has 0 spiro atoms. The fraction of sp³-hybridized carbons (Fsp3) is 0.222. The highest BCUT2D eigenvalue weighted by molar-refractivity contribution is 7.81. The van der Waals surface area contributed by atoms with Crippen LogP contribution in [0.15, 0.2) is 24.3 Å². The van der Waals surface area contributed by atoms with Crippen LogP contribution in [-0.4, -0.2) is 11.7 Å². The molecular formula is C9H11NO2S. The van der Waals surface area contributed by atoms with Gasteiger partial charge >= 0.3 is 5.97 Å². The summed E-state index contributed by atoms with van der Waals surface area (Å²) in [5.74, 6) is 0.249. The van der Waals surface area contributed by atoms with E-state index in [2.05, 4.69) is 12.6 Å². The maximum Gasteiger partial charge on any atom is 0.321 e. The molecule has 0 heterocycles. The first kappa shape index (κ1) is 10.1. The largest absolute Gasteiger partial charge is 0.426 e. The van der Waals surface area contributed by atoms with Gasteiger partial charge in [-0.25, -0.2) is 0 Å². The number of esters is 1. The van der Waals surface area contributed by atoms with Gasteiger partial charge in [0, 0.05) is 6.54 Å². The van der Waals surface area contributed by atoms with Crippen molar-refractivity contribution < 1.29 is 9.53 Å². The summed E-state index contributed by atoms with van der Waals surface area (Å²) in [6, 6.07) is 7.06. The molecular weight excluding hydrogens is 186 g/mol. The molecule has 0 aliphatic heterocycles. The van der Waals surface area contributed by atoms with Gasteiger partial charge in [-0.05, 0) is 17.7 Å². The maximum absolute atomic E-state index is 10.8. The number of hydrogen-bond donors (Lipinski definition) is 2. The van der Waals surface area contributed by atoms with E-state index in [-0.39, 0.29) is 11.7 Å². The highest BCUT2D eigenvalue weighted by Gasteiger charge is 2.00. The van der Waals surface area contributed by atoms with Crippen molar-refractivity contribution in [1.29, 1.82) is 0 Å². The van der Waals surface area contributed by atoms with Crippen LogP contribution < -0.4 is 10.5 Å². The van der Waals surface area contributed by atoms with E-state index in [0.717, 1.165) is 5.56 Å². The Balaban J connectivity index is 2.64. The number of thiol groups is 1. The summed E-state index contributed by atoms with van der Waals surface area (Å²) in [5, 5.41) is 0. The Labute approximate surface area is 82.3 Å². The Morgan fingerprint density at radius 2 is 2.00 bits per heavy atom. The third-order valence-corrected chi connectivity index (χ3v) is 1.78. The van der Waals surface area contributed by atoms with Crippen LogP contribution in [0, 0.1) is 0 Å². The van der Waals surface area contributed by atoms with Crippen LogP contribution in [0.4, 0.5) is 0 Å². The van der Waals surface area contributed by atoms with Crippen molar-refractivity contribution in [3.05, 3.63) is 29.8 Å². The Kier molecular flexibility index (Phi) is 3.79. The summed E-state index contributed by atoms with van der Waals surface area (Å²) in [6.07, 6.45) is 0. The Morgan fingerprint density at radius 1 is 1.38 bits per heavy atom. The van der Waals surface area contributed by atoms with Crippen molar-refractivity contribution in [3.8, 4) is 5.75 Å². The molecule has 0 saturated heterocycles. The number of nitrogens with two attached hydrogens (primary N) is 1. The molecule has 0 amide bonds. The van der Waals surface area contributed by atoms with E-state index in [1.807, 2.05) is 12.1 Å². The average Bonchev–Trinajstić information content (AvgIpc) is 2.19. The van der Waals surface area contributed by atoms with E-state index < -0.39 is 0 Å². The summed E-state index contributed by atoms with van der Waals surface area (Å²) < 4.78 is 4.91. The van der Waals surface area contributed by atoms with Gasteiger partial charge in [-0.1, -0.05) is 12.1 Å². The molecule has 13 heavy (non-hydrogen) atoms. The van der Waals surface area contributed by atoms with Crippen molar-refractivity contribution >= 4 is 18.6 Å². The van der Waals surface area contributed by atoms with E-state index in [9.17, 15) is 4.79 Å². The molecule has 0 radical (unpaired) electrons. The van der Waals surface area contributed by atoms with Crippen LogP contribution in [0.25, 0.3) is 0 Å². The van der Waals surface area contributed by atoms with Gasteiger partial charge in [0.15, 0.2) is 0 Å². The van der Waals surface area contributed by atoms with Gasteiger partial charge in [0.05, 0.1) is 5.75 Å². The van der Waals surface area contributed by atoms with Gasteiger partial charge in [-0.15, -0.1) is 0 Å². The molecule has 0 saturated carbocycles. The molecule has 3 nitrogen and oxygen atoms in total. The molecule has 1 aromatic carbocycles. The SMILES string of the molecule is NCc1ccc(OC(=O)CS)cc1. The first-order valence-electron chi connectivity index (χ1n) is 3.87. The normalized spacial score (nSPS) is 9.69. The average molecular weight is 197 g/mol. The maximum atomic E-state index is 10.8. The summed E-state index contributed by atoms with van der Waals surface area (Å²) in [6.45, 7) is 0.487. The smallest absolute Gasteiger partial charge is 0.321 e. The highest BCUT2D eigenvalue weighted by atomic mass is 32.1. The third kappa shape index (κ3) is 3.08. The fourth-order valence-electron chi connectivity index (χ4n) is 0.857. The van der Waals surface area contributed by atoms with Crippen molar-refractivity contribution in [2.45, 2.75) is 6.54 Å². The minimum atomic E-state index is -0.358. The lowest BCUT2D eigenvalue weighted by Gasteiger charge is -2.02. The van der Waals surface area contributed by atoms with Crippen LogP contribution in [0.3, 0.4) is 0 Å². The van der Waals surface area contributed by atoms with Gasteiger partial charge in [0.1, 0.15) is 5.75 Å². The van der Waals surface area contributed by atoms with Gasteiger partial charge in [-0.3, -0.25) is 4.79 Å².